The van der Waals surface area contributed by atoms with Crippen LogP contribution in [0.25, 0.3) is 0 Å². The fraction of sp³-hybridized carbons (Fsp3) is 0.364. The molecule has 6 heteroatoms. The zero-order valence-electron chi connectivity index (χ0n) is 9.11. The third-order valence-corrected chi connectivity index (χ3v) is 2.37. The van der Waals surface area contributed by atoms with Crippen molar-refractivity contribution in [1.82, 2.24) is 0 Å². The third kappa shape index (κ3) is 2.92. The Hall–Kier alpha value is -1.66. The topological polar surface area (TPSA) is 73.6 Å². The van der Waals surface area contributed by atoms with E-state index in [1.54, 1.807) is 0 Å². The summed E-state index contributed by atoms with van der Waals surface area (Å²) in [7, 11) is 0. The van der Waals surface area contributed by atoms with Gasteiger partial charge in [0, 0.05) is 5.69 Å². The molecule has 2 rings (SSSR count). The first-order valence-corrected chi connectivity index (χ1v) is 5.22. The van der Waals surface area contributed by atoms with Crippen molar-refractivity contribution in [2.24, 2.45) is 0 Å². The Kier molecular flexibility index (Phi) is 3.55. The summed E-state index contributed by atoms with van der Waals surface area (Å²) >= 11 is 0. The summed E-state index contributed by atoms with van der Waals surface area (Å²) in [5.74, 6) is -0.837. The number of ether oxygens (including phenoxy) is 2. The van der Waals surface area contributed by atoms with Gasteiger partial charge in [-0.05, 0) is 18.2 Å². The van der Waals surface area contributed by atoms with E-state index in [0.29, 0.717) is 18.9 Å². The fourth-order valence-corrected chi connectivity index (χ4v) is 1.48. The molecule has 0 bridgehead atoms. The largest absolute Gasteiger partial charge is 0.396 e. The van der Waals surface area contributed by atoms with E-state index < -0.39 is 11.9 Å². The molecule has 1 aliphatic heterocycles. The van der Waals surface area contributed by atoms with Gasteiger partial charge in [-0.1, -0.05) is 0 Å². The normalized spacial score (nSPS) is 19.9. The Balaban J connectivity index is 1.99. The molecule has 1 saturated heterocycles. The SMILES string of the molecule is Nc1cc(NC(=O)C2COCCO2)ccc1F. The van der Waals surface area contributed by atoms with Crippen LogP contribution in [0.4, 0.5) is 15.8 Å². The van der Waals surface area contributed by atoms with Gasteiger partial charge in [-0.25, -0.2) is 4.39 Å². The van der Waals surface area contributed by atoms with Crippen molar-refractivity contribution >= 4 is 17.3 Å². The summed E-state index contributed by atoms with van der Waals surface area (Å²) < 4.78 is 23.2. The van der Waals surface area contributed by atoms with Crippen LogP contribution in [0.1, 0.15) is 0 Å². The summed E-state index contributed by atoms with van der Waals surface area (Å²) in [5.41, 5.74) is 5.82. The monoisotopic (exact) mass is 240 g/mol. The van der Waals surface area contributed by atoms with Crippen molar-refractivity contribution in [3.05, 3.63) is 24.0 Å². The van der Waals surface area contributed by atoms with Gasteiger partial charge in [0.2, 0.25) is 0 Å². The number of hydrogen-bond acceptors (Lipinski definition) is 4. The van der Waals surface area contributed by atoms with Crippen LogP contribution in [0.3, 0.4) is 0 Å². The molecule has 3 N–H and O–H groups in total. The maximum atomic E-state index is 12.9. The lowest BCUT2D eigenvalue weighted by atomic mass is 10.2. The number of hydrogen-bond donors (Lipinski definition) is 2. The van der Waals surface area contributed by atoms with Crippen LogP contribution in [0.5, 0.6) is 0 Å². The molecule has 5 nitrogen and oxygen atoms in total. The van der Waals surface area contributed by atoms with Crippen LogP contribution >= 0.6 is 0 Å². The molecule has 1 atom stereocenters. The van der Waals surface area contributed by atoms with Gasteiger partial charge in [0.15, 0.2) is 6.10 Å². The smallest absolute Gasteiger partial charge is 0.255 e. The quantitative estimate of drug-likeness (QED) is 0.748. The molecule has 1 heterocycles. The van der Waals surface area contributed by atoms with Crippen LogP contribution in [0, 0.1) is 5.82 Å². The van der Waals surface area contributed by atoms with Gasteiger partial charge in [-0.3, -0.25) is 4.79 Å². The standard InChI is InChI=1S/C11H13FN2O3/c12-8-2-1-7(5-9(8)13)14-11(15)10-6-16-3-4-17-10/h1-2,5,10H,3-4,6,13H2,(H,14,15). The molecule has 1 aromatic rings. The zero-order valence-corrected chi connectivity index (χ0v) is 9.11. The number of nitrogen functional groups attached to an aromatic ring is 1. The van der Waals surface area contributed by atoms with Crippen molar-refractivity contribution < 1.29 is 18.7 Å². The van der Waals surface area contributed by atoms with Crippen molar-refractivity contribution in [3.63, 3.8) is 0 Å². The van der Waals surface area contributed by atoms with Gasteiger partial charge < -0.3 is 20.5 Å². The second-order valence-corrected chi connectivity index (χ2v) is 3.66. The first-order chi connectivity index (χ1) is 8.16. The number of carbonyl (C=O) groups is 1. The highest BCUT2D eigenvalue weighted by Crippen LogP contribution is 2.17. The van der Waals surface area contributed by atoms with E-state index in [-0.39, 0.29) is 18.2 Å². The van der Waals surface area contributed by atoms with Crippen LogP contribution in [-0.2, 0) is 14.3 Å². The minimum Gasteiger partial charge on any atom is -0.396 e. The molecular weight excluding hydrogens is 227 g/mol. The second kappa shape index (κ2) is 5.11. The molecule has 1 amide bonds. The molecule has 1 unspecified atom stereocenters. The number of nitrogens with one attached hydrogen (secondary N) is 1. The summed E-state index contributed by atoms with van der Waals surface area (Å²) in [6, 6.07) is 3.99. The van der Waals surface area contributed by atoms with E-state index >= 15 is 0 Å². The Morgan fingerprint density at radius 3 is 2.94 bits per heavy atom. The number of carbonyl (C=O) groups excluding carboxylic acids is 1. The number of amides is 1. The minimum atomic E-state index is -0.630. The molecule has 0 aromatic heterocycles. The van der Waals surface area contributed by atoms with E-state index in [4.69, 9.17) is 15.2 Å². The lowest BCUT2D eigenvalue weighted by Gasteiger charge is -2.22. The predicted molar refractivity (Wildman–Crippen MR) is 60.0 cm³/mol. The Labute approximate surface area is 97.7 Å². The Morgan fingerprint density at radius 2 is 2.29 bits per heavy atom. The van der Waals surface area contributed by atoms with Crippen molar-refractivity contribution in [3.8, 4) is 0 Å². The van der Waals surface area contributed by atoms with Gasteiger partial charge in [0.25, 0.3) is 5.91 Å². The summed E-state index contributed by atoms with van der Waals surface area (Å²) in [6.07, 6.45) is -0.630. The summed E-state index contributed by atoms with van der Waals surface area (Å²) in [4.78, 5) is 11.7. The highest BCUT2D eigenvalue weighted by molar-refractivity contribution is 5.94. The van der Waals surface area contributed by atoms with E-state index in [9.17, 15) is 9.18 Å². The highest BCUT2D eigenvalue weighted by atomic mass is 19.1. The molecule has 1 aromatic carbocycles. The molecule has 17 heavy (non-hydrogen) atoms. The lowest BCUT2D eigenvalue weighted by molar-refractivity contribution is -0.142. The first-order valence-electron chi connectivity index (χ1n) is 5.22. The summed E-state index contributed by atoms with van der Waals surface area (Å²) in [6.45, 7) is 1.11. The van der Waals surface area contributed by atoms with Crippen molar-refractivity contribution in [1.29, 1.82) is 0 Å². The predicted octanol–water partition coefficient (Wildman–Crippen LogP) is 0.762. The number of benzene rings is 1. The van der Waals surface area contributed by atoms with Gasteiger partial charge >= 0.3 is 0 Å². The molecule has 0 saturated carbocycles. The van der Waals surface area contributed by atoms with Gasteiger partial charge in [-0.15, -0.1) is 0 Å². The molecule has 0 radical (unpaired) electrons. The fourth-order valence-electron chi connectivity index (χ4n) is 1.48. The highest BCUT2D eigenvalue weighted by Gasteiger charge is 2.22. The van der Waals surface area contributed by atoms with Crippen LogP contribution < -0.4 is 11.1 Å². The molecular formula is C11H13FN2O3. The molecule has 1 fully saturated rings. The van der Waals surface area contributed by atoms with Crippen LogP contribution in [-0.4, -0.2) is 31.8 Å². The number of halogens is 1. The molecule has 1 aliphatic rings. The van der Waals surface area contributed by atoms with Gasteiger partial charge in [0.05, 0.1) is 25.5 Å². The summed E-state index contributed by atoms with van der Waals surface area (Å²) in [5, 5.41) is 2.59. The lowest BCUT2D eigenvalue weighted by Crippen LogP contribution is -2.39. The average molecular weight is 240 g/mol. The van der Waals surface area contributed by atoms with Gasteiger partial charge in [-0.2, -0.15) is 0 Å². The average Bonchev–Trinajstić information content (AvgIpc) is 2.35. The molecule has 0 aliphatic carbocycles. The Morgan fingerprint density at radius 1 is 1.47 bits per heavy atom. The minimum absolute atomic E-state index is 0.0105. The maximum absolute atomic E-state index is 12.9. The Bertz CT molecular complexity index is 419. The van der Waals surface area contributed by atoms with Crippen LogP contribution in [0.2, 0.25) is 0 Å². The number of anilines is 2. The van der Waals surface area contributed by atoms with E-state index in [1.165, 1.54) is 18.2 Å². The number of rotatable bonds is 2. The second-order valence-electron chi connectivity index (χ2n) is 3.66. The maximum Gasteiger partial charge on any atom is 0.255 e. The van der Waals surface area contributed by atoms with Gasteiger partial charge in [0.1, 0.15) is 5.82 Å². The molecule has 92 valence electrons. The third-order valence-electron chi connectivity index (χ3n) is 2.37. The van der Waals surface area contributed by atoms with Crippen molar-refractivity contribution in [2.75, 3.05) is 30.9 Å². The zero-order chi connectivity index (χ0) is 12.3. The number of nitrogens with two attached hydrogens (primary N) is 1. The van der Waals surface area contributed by atoms with Crippen molar-refractivity contribution in [2.45, 2.75) is 6.10 Å². The first kappa shape index (κ1) is 11.8. The van der Waals surface area contributed by atoms with E-state index in [1.807, 2.05) is 0 Å². The van der Waals surface area contributed by atoms with E-state index in [2.05, 4.69) is 5.32 Å². The van der Waals surface area contributed by atoms with Crippen LogP contribution in [0.15, 0.2) is 18.2 Å². The molecule has 0 spiro atoms. The van der Waals surface area contributed by atoms with E-state index in [0.717, 1.165) is 0 Å².